The molecule has 0 saturated carbocycles. The zero-order valence-electron chi connectivity index (χ0n) is 3.51. The molecule has 10 heavy (non-hydrogen) atoms. The fourth-order valence-corrected chi connectivity index (χ4v) is 0.305. The van der Waals surface area contributed by atoms with Gasteiger partial charge in [-0.15, -0.1) is 0 Å². The zero-order valence-corrected chi connectivity index (χ0v) is 4.41. The molecule has 0 rings (SSSR count). The van der Waals surface area contributed by atoms with E-state index in [0.717, 1.165) is 0 Å². The molecule has 0 heterocycles. The van der Waals surface area contributed by atoms with Crippen LogP contribution in [0.15, 0.2) is 0 Å². The summed E-state index contributed by atoms with van der Waals surface area (Å²) in [5.41, 5.74) is 0. The Labute approximate surface area is 142 Å². The fraction of sp³-hybridized carbons (Fsp3) is 0. The maximum atomic E-state index is 9.53. The number of rotatable bonds is 1. The van der Waals surface area contributed by atoms with Crippen molar-refractivity contribution in [3.8, 4) is 0 Å². The van der Waals surface area contributed by atoms with Gasteiger partial charge in [-0.25, -0.2) is 9.36 Å². The van der Waals surface area contributed by atoms with E-state index in [0.29, 0.717) is 0 Å². The van der Waals surface area contributed by atoms with Gasteiger partial charge in [0, 0.05) is 0 Å². The molecule has 0 aromatic heterocycles. The Bertz CT molecular complexity index is 139. The predicted molar refractivity (Wildman–Crippen MR) is 35.5 cm³/mol. The van der Waals surface area contributed by atoms with Crippen LogP contribution in [-0.4, -0.2) is 124 Å². The van der Waals surface area contributed by atoms with Gasteiger partial charge in [0.1, 0.15) is 0 Å². The van der Waals surface area contributed by atoms with E-state index >= 15 is 0 Å². The summed E-state index contributed by atoms with van der Waals surface area (Å²) < 4.78 is 12.6. The van der Waals surface area contributed by atoms with Gasteiger partial charge in [0.15, 0.2) is 0 Å². The van der Waals surface area contributed by atoms with Crippen LogP contribution in [0.4, 0.5) is 4.79 Å². The predicted octanol–water partition coefficient (Wildman–Crippen LogP) is -1.52. The Morgan fingerprint density at radius 1 is 1.30 bits per heavy atom. The van der Waals surface area contributed by atoms with Crippen LogP contribution in [0.5, 0.6) is 0 Å². The van der Waals surface area contributed by atoms with Crippen LogP contribution in [0.25, 0.3) is 0 Å². The number of hydrogen-bond donors (Lipinski definition) is 3. The molecule has 0 saturated heterocycles. The molecule has 3 N–H and O–H groups in total. The van der Waals surface area contributed by atoms with E-state index in [-0.39, 0.29) is 103 Å². The Morgan fingerprint density at radius 3 is 1.60 bits per heavy atom. The summed E-state index contributed by atoms with van der Waals surface area (Å²) >= 11 is 0. The van der Waals surface area contributed by atoms with Gasteiger partial charge in [0.05, 0.1) is 0 Å². The van der Waals surface area contributed by atoms with E-state index in [1.165, 1.54) is 0 Å². The standard InChI is InChI=1S/CH3O6P.2K.2H/c2-1(3)7-8(4,5)6;;;;/h(H,2,3)(H2,4,5,6);;;;. The van der Waals surface area contributed by atoms with Crippen LogP contribution >= 0.6 is 7.82 Å². The Kier molecular flexibility index (Phi) is 15.3. The monoisotopic (exact) mass is 222 g/mol. The molecule has 0 aliphatic heterocycles. The molecule has 52 valence electrons. The molecule has 0 atom stereocenters. The van der Waals surface area contributed by atoms with Crippen molar-refractivity contribution in [1.29, 1.82) is 0 Å². The number of phosphoric ester groups is 1. The molecule has 0 amide bonds. The first-order valence-corrected chi connectivity index (χ1v) is 2.93. The number of phosphoric acid groups is 1. The molecular weight excluding hydrogens is 217 g/mol. The van der Waals surface area contributed by atoms with Crippen LogP contribution < -0.4 is 0 Å². The first-order chi connectivity index (χ1) is 3.42. The summed E-state index contributed by atoms with van der Waals surface area (Å²) in [6.45, 7) is 0. The number of carboxylic acid groups (broad SMARTS) is 1. The summed E-state index contributed by atoms with van der Waals surface area (Å²) in [4.78, 5) is 24.7. The van der Waals surface area contributed by atoms with Crippen LogP contribution in [-0.2, 0) is 9.09 Å². The van der Waals surface area contributed by atoms with Crippen LogP contribution in [0, 0.1) is 0 Å². The van der Waals surface area contributed by atoms with Gasteiger partial charge in [-0.3, -0.25) is 9.79 Å². The maximum absolute atomic E-state index is 9.53. The molecule has 9 heteroatoms. The fourth-order valence-electron chi connectivity index (χ4n) is 0.102. The van der Waals surface area contributed by atoms with Gasteiger partial charge >= 0.3 is 117 Å². The molecule has 0 aliphatic rings. The van der Waals surface area contributed by atoms with Gasteiger partial charge in [0.2, 0.25) is 0 Å². The minimum absolute atomic E-state index is 0. The molecule has 0 bridgehead atoms. The molecular formula is CH5K2O6P. The molecule has 0 aromatic carbocycles. The first-order valence-electron chi connectivity index (χ1n) is 1.40. The quantitative estimate of drug-likeness (QED) is 0.367. The van der Waals surface area contributed by atoms with Crippen molar-refractivity contribution < 1.29 is 28.8 Å². The zero-order chi connectivity index (χ0) is 6.78. The molecule has 0 spiro atoms. The third-order valence-corrected chi connectivity index (χ3v) is 0.591. The van der Waals surface area contributed by atoms with E-state index < -0.39 is 14.0 Å². The van der Waals surface area contributed by atoms with Gasteiger partial charge in [0.25, 0.3) is 0 Å². The Hall–Kier alpha value is 2.69. The average molecular weight is 222 g/mol. The van der Waals surface area contributed by atoms with E-state index in [4.69, 9.17) is 14.9 Å². The van der Waals surface area contributed by atoms with Crippen molar-refractivity contribution >= 4 is 117 Å². The topological polar surface area (TPSA) is 104 Å². The second-order valence-corrected chi connectivity index (χ2v) is 2.01. The van der Waals surface area contributed by atoms with Crippen molar-refractivity contribution in [2.45, 2.75) is 0 Å². The summed E-state index contributed by atoms with van der Waals surface area (Å²) in [6, 6.07) is 0. The summed E-state index contributed by atoms with van der Waals surface area (Å²) in [6.07, 6.45) is -1.99. The average Bonchev–Trinajstić information content (AvgIpc) is 1.21. The second kappa shape index (κ2) is 8.30. The van der Waals surface area contributed by atoms with Gasteiger partial charge in [-0.2, -0.15) is 0 Å². The van der Waals surface area contributed by atoms with E-state index in [1.54, 1.807) is 0 Å². The number of carbonyl (C=O) groups is 1. The van der Waals surface area contributed by atoms with Crippen molar-refractivity contribution in [3.63, 3.8) is 0 Å². The molecule has 0 aliphatic carbocycles. The summed E-state index contributed by atoms with van der Waals surface area (Å²) in [7, 11) is -4.82. The Balaban J connectivity index is -0.000000245. The van der Waals surface area contributed by atoms with Crippen molar-refractivity contribution in [1.82, 2.24) is 0 Å². The van der Waals surface area contributed by atoms with Gasteiger partial charge < -0.3 is 9.63 Å². The van der Waals surface area contributed by atoms with E-state index in [2.05, 4.69) is 4.52 Å². The van der Waals surface area contributed by atoms with Crippen LogP contribution in [0.1, 0.15) is 0 Å². The van der Waals surface area contributed by atoms with Crippen LogP contribution in [0.2, 0.25) is 0 Å². The van der Waals surface area contributed by atoms with Crippen molar-refractivity contribution in [2.75, 3.05) is 0 Å². The van der Waals surface area contributed by atoms with E-state index in [1.807, 2.05) is 0 Å². The third kappa shape index (κ3) is 17.0. The summed E-state index contributed by atoms with van der Waals surface area (Å²) in [5, 5.41) is 7.53. The third-order valence-electron chi connectivity index (χ3n) is 0.197. The summed E-state index contributed by atoms with van der Waals surface area (Å²) in [5.74, 6) is 0. The molecule has 0 aromatic rings. The van der Waals surface area contributed by atoms with E-state index in [9.17, 15) is 9.36 Å². The van der Waals surface area contributed by atoms with Gasteiger partial charge in [-0.1, -0.05) is 0 Å². The second-order valence-electron chi connectivity index (χ2n) is 0.848. The molecule has 0 unspecified atom stereocenters. The molecule has 6 nitrogen and oxygen atoms in total. The minimum atomic E-state index is -4.82. The molecule has 0 radical (unpaired) electrons. The molecule has 0 fully saturated rings. The normalized spacial score (nSPS) is 8.60. The van der Waals surface area contributed by atoms with Crippen molar-refractivity contribution in [3.05, 3.63) is 0 Å². The van der Waals surface area contributed by atoms with Crippen molar-refractivity contribution in [2.24, 2.45) is 0 Å². The van der Waals surface area contributed by atoms with Gasteiger partial charge in [-0.05, 0) is 0 Å². The Morgan fingerprint density at radius 2 is 1.60 bits per heavy atom. The number of hydrogen-bond acceptors (Lipinski definition) is 3. The van der Waals surface area contributed by atoms with Crippen LogP contribution in [0.3, 0.4) is 0 Å². The first kappa shape index (κ1) is 18.5. The SMILES string of the molecule is O=C(O)OP(=O)(O)O.[KH].[KH].